The van der Waals surface area contributed by atoms with Crippen molar-refractivity contribution in [1.82, 2.24) is 15.4 Å². The number of hydrogen-bond acceptors (Lipinski definition) is 11. The van der Waals surface area contributed by atoms with E-state index in [0.717, 1.165) is 5.69 Å². The van der Waals surface area contributed by atoms with E-state index in [1.54, 1.807) is 31.3 Å². The first kappa shape index (κ1) is 24.6. The second-order valence-electron chi connectivity index (χ2n) is 6.62. The van der Waals surface area contributed by atoms with Gasteiger partial charge in [-0.2, -0.15) is 10.1 Å². The van der Waals surface area contributed by atoms with Gasteiger partial charge in [-0.3, -0.25) is 19.9 Å². The van der Waals surface area contributed by atoms with Crippen molar-refractivity contribution >= 4 is 40.9 Å². The number of anilines is 3. The first-order chi connectivity index (χ1) is 15.6. The summed E-state index contributed by atoms with van der Waals surface area (Å²) in [7, 11) is 3.09. The fourth-order valence-electron chi connectivity index (χ4n) is 2.68. The van der Waals surface area contributed by atoms with Crippen LogP contribution in [0.2, 0.25) is 0 Å². The van der Waals surface area contributed by atoms with Gasteiger partial charge in [0, 0.05) is 25.7 Å². The number of esters is 1. The van der Waals surface area contributed by atoms with Crippen molar-refractivity contribution in [1.29, 1.82) is 0 Å². The minimum absolute atomic E-state index is 0.105. The minimum Gasteiger partial charge on any atom is -0.465 e. The topological polar surface area (TPSA) is 224 Å². The van der Waals surface area contributed by atoms with Crippen LogP contribution >= 0.6 is 0 Å². The van der Waals surface area contributed by atoms with Crippen molar-refractivity contribution < 1.29 is 19.2 Å². The molecule has 0 spiro atoms. The number of carbonyl (C=O) groups excluding carboxylic acids is 2. The average Bonchev–Trinajstić information content (AvgIpc) is 2.76. The first-order valence-electron chi connectivity index (χ1n) is 9.40. The number of rotatable bonds is 10. The molecule has 0 fully saturated rings. The number of nitrogens with one attached hydrogen (secondary N) is 3. The van der Waals surface area contributed by atoms with Crippen molar-refractivity contribution in [2.45, 2.75) is 6.42 Å². The summed E-state index contributed by atoms with van der Waals surface area (Å²) in [6.45, 7) is 0.303. The number of nitrogens with zero attached hydrogens (tertiary/aromatic N) is 4. The van der Waals surface area contributed by atoms with Gasteiger partial charge < -0.3 is 26.4 Å². The lowest BCUT2D eigenvalue weighted by molar-refractivity contribution is -0.385. The zero-order valence-corrected chi connectivity index (χ0v) is 17.8. The molecule has 33 heavy (non-hydrogen) atoms. The zero-order valence-electron chi connectivity index (χ0n) is 17.8. The standard InChI is InChI=1S/C18H23N9O6/c1-26(12-5-3-10(4-6-12)16(29)33-2)8-7-11(24-25-18(20)30)9-21-14-13(27(31)32)15(28)23-17(19)22-14/h3-6H,7-9H2,1-2H3,(H3,20,25,30)(H4,19,21,22,23,28)/b24-11-. The number of hydrogen-bond donors (Lipinski definition) is 5. The lowest BCUT2D eigenvalue weighted by Crippen LogP contribution is -2.30. The van der Waals surface area contributed by atoms with Crippen molar-refractivity contribution in [3.8, 4) is 0 Å². The van der Waals surface area contributed by atoms with Crippen LogP contribution in [-0.4, -0.2) is 59.9 Å². The minimum atomic E-state index is -1.01. The highest BCUT2D eigenvalue weighted by atomic mass is 16.6. The van der Waals surface area contributed by atoms with Gasteiger partial charge in [0.1, 0.15) is 0 Å². The number of hydrazone groups is 1. The van der Waals surface area contributed by atoms with Crippen LogP contribution in [0.25, 0.3) is 0 Å². The third kappa shape index (κ3) is 6.91. The lowest BCUT2D eigenvalue weighted by atomic mass is 10.2. The van der Waals surface area contributed by atoms with Gasteiger partial charge in [0.05, 0.1) is 29.9 Å². The van der Waals surface area contributed by atoms with Crippen LogP contribution in [0.15, 0.2) is 34.2 Å². The number of primary amides is 1. The largest absolute Gasteiger partial charge is 0.465 e. The number of nitrogen functional groups attached to an aromatic ring is 1. The molecular formula is C18H23N9O6. The summed E-state index contributed by atoms with van der Waals surface area (Å²) in [5, 5.41) is 17.7. The van der Waals surface area contributed by atoms with Gasteiger partial charge in [-0.25, -0.2) is 15.0 Å². The first-order valence-corrected chi connectivity index (χ1v) is 9.40. The van der Waals surface area contributed by atoms with Crippen LogP contribution in [0, 0.1) is 10.1 Å². The number of carbonyl (C=O) groups is 2. The normalized spacial score (nSPS) is 10.9. The van der Waals surface area contributed by atoms with E-state index < -0.39 is 28.2 Å². The second kappa shape index (κ2) is 11.1. The van der Waals surface area contributed by atoms with E-state index in [1.807, 2.05) is 4.90 Å². The van der Waals surface area contributed by atoms with Crippen LogP contribution in [-0.2, 0) is 4.74 Å². The summed E-state index contributed by atoms with van der Waals surface area (Å²) >= 11 is 0. The van der Waals surface area contributed by atoms with Crippen molar-refractivity contribution in [2.75, 3.05) is 43.2 Å². The molecule has 2 aromatic rings. The number of aromatic nitrogens is 2. The smallest absolute Gasteiger partial charge is 0.375 e. The fourth-order valence-corrected chi connectivity index (χ4v) is 2.68. The quantitative estimate of drug-likeness (QED) is 0.138. The monoisotopic (exact) mass is 461 g/mol. The molecular weight excluding hydrogens is 438 g/mol. The number of ether oxygens (including phenoxy) is 1. The number of amides is 2. The number of benzene rings is 1. The van der Waals surface area contributed by atoms with Crippen molar-refractivity contribution in [3.63, 3.8) is 0 Å². The molecule has 2 amide bonds. The maximum absolute atomic E-state index is 11.8. The summed E-state index contributed by atoms with van der Waals surface area (Å²) in [6.07, 6.45) is 0.287. The summed E-state index contributed by atoms with van der Waals surface area (Å²) < 4.78 is 4.67. The molecule has 0 saturated carbocycles. The van der Waals surface area contributed by atoms with Gasteiger partial charge in [-0.1, -0.05) is 0 Å². The third-order valence-corrected chi connectivity index (χ3v) is 4.34. The van der Waals surface area contributed by atoms with Crippen LogP contribution in [0.4, 0.5) is 27.9 Å². The van der Waals surface area contributed by atoms with Crippen LogP contribution in [0.3, 0.4) is 0 Å². The number of nitro groups is 1. The predicted octanol–water partition coefficient (Wildman–Crippen LogP) is 0.00960. The molecule has 0 atom stereocenters. The molecule has 0 bridgehead atoms. The summed E-state index contributed by atoms with van der Waals surface area (Å²) in [5.74, 6) is -1.11. The molecule has 0 aliphatic carbocycles. The van der Waals surface area contributed by atoms with Gasteiger partial charge in [0.2, 0.25) is 11.8 Å². The van der Waals surface area contributed by atoms with E-state index >= 15 is 0 Å². The Bertz CT molecular complexity index is 1110. The number of methoxy groups -OCH3 is 1. The molecule has 1 aromatic heterocycles. The second-order valence-corrected chi connectivity index (χ2v) is 6.62. The van der Waals surface area contributed by atoms with Crippen molar-refractivity contribution in [3.05, 3.63) is 50.3 Å². The molecule has 15 heteroatoms. The van der Waals surface area contributed by atoms with Gasteiger partial charge in [0.15, 0.2) is 0 Å². The SMILES string of the molecule is COC(=O)c1ccc(N(C)CC/C(CNc2nc(N)[nH]c(=O)c2[N+](=O)[O-])=N/NC(N)=O)cc1. The Labute approximate surface area is 187 Å². The van der Waals surface area contributed by atoms with E-state index in [-0.39, 0.29) is 24.7 Å². The molecule has 2 rings (SSSR count). The maximum Gasteiger partial charge on any atom is 0.375 e. The summed E-state index contributed by atoms with van der Waals surface area (Å²) in [4.78, 5) is 52.4. The lowest BCUT2D eigenvalue weighted by Gasteiger charge is -2.20. The van der Waals surface area contributed by atoms with E-state index in [2.05, 4.69) is 30.5 Å². The molecule has 0 aliphatic rings. The average molecular weight is 461 g/mol. The highest BCUT2D eigenvalue weighted by molar-refractivity contribution is 5.90. The van der Waals surface area contributed by atoms with E-state index in [1.165, 1.54) is 7.11 Å². The third-order valence-electron chi connectivity index (χ3n) is 4.34. The molecule has 176 valence electrons. The number of urea groups is 1. The summed E-state index contributed by atoms with van der Waals surface area (Å²) in [6, 6.07) is 5.80. The molecule has 0 aliphatic heterocycles. The highest BCUT2D eigenvalue weighted by Crippen LogP contribution is 2.17. The Morgan fingerprint density at radius 1 is 1.33 bits per heavy atom. The number of aromatic amines is 1. The molecule has 0 saturated heterocycles. The Kier molecular flexibility index (Phi) is 8.25. The molecule has 0 unspecified atom stereocenters. The van der Waals surface area contributed by atoms with Gasteiger partial charge in [-0.15, -0.1) is 0 Å². The van der Waals surface area contributed by atoms with Gasteiger partial charge >= 0.3 is 23.2 Å². The zero-order chi connectivity index (χ0) is 24.5. The highest BCUT2D eigenvalue weighted by Gasteiger charge is 2.22. The Balaban J connectivity index is 2.12. The predicted molar refractivity (Wildman–Crippen MR) is 120 cm³/mol. The van der Waals surface area contributed by atoms with E-state index in [4.69, 9.17) is 11.5 Å². The molecule has 7 N–H and O–H groups in total. The maximum atomic E-state index is 11.8. The Hall–Kier alpha value is -4.69. The van der Waals surface area contributed by atoms with Gasteiger partial charge in [0.25, 0.3) is 0 Å². The van der Waals surface area contributed by atoms with Crippen LogP contribution in [0.1, 0.15) is 16.8 Å². The van der Waals surface area contributed by atoms with Crippen LogP contribution in [0.5, 0.6) is 0 Å². The molecule has 0 radical (unpaired) electrons. The Morgan fingerprint density at radius 2 is 2.00 bits per heavy atom. The number of nitrogens with two attached hydrogens (primary N) is 2. The molecule has 1 heterocycles. The number of H-pyrrole nitrogens is 1. The molecule has 1 aromatic carbocycles. The van der Waals surface area contributed by atoms with Gasteiger partial charge in [-0.05, 0) is 24.3 Å². The molecule has 15 nitrogen and oxygen atoms in total. The Morgan fingerprint density at radius 3 is 2.58 bits per heavy atom. The summed E-state index contributed by atoms with van der Waals surface area (Å²) in [5.41, 5.74) is 12.3. The van der Waals surface area contributed by atoms with E-state index in [0.29, 0.717) is 17.8 Å². The van der Waals surface area contributed by atoms with Crippen molar-refractivity contribution in [2.24, 2.45) is 10.8 Å². The fraction of sp³-hybridized carbons (Fsp3) is 0.278. The van der Waals surface area contributed by atoms with Crippen LogP contribution < -0.4 is 32.7 Å². The van der Waals surface area contributed by atoms with E-state index in [9.17, 15) is 24.5 Å².